The van der Waals surface area contributed by atoms with E-state index in [-0.39, 0.29) is 31.1 Å². The fourth-order valence-electron chi connectivity index (χ4n) is 3.33. The molecule has 31 heavy (non-hydrogen) atoms. The van der Waals surface area contributed by atoms with Crippen LogP contribution in [0.25, 0.3) is 11.1 Å². The monoisotopic (exact) mass is 427 g/mol. The largest absolute Gasteiger partial charge is 0.442 e. The number of benzene rings is 2. The molecule has 0 bridgehead atoms. The summed E-state index contributed by atoms with van der Waals surface area (Å²) in [4.78, 5) is 28.3. The van der Waals surface area contributed by atoms with Crippen LogP contribution >= 0.6 is 0 Å². The van der Waals surface area contributed by atoms with Gasteiger partial charge in [0, 0.05) is 18.1 Å². The summed E-state index contributed by atoms with van der Waals surface area (Å²) >= 11 is 0. The highest BCUT2D eigenvalue weighted by atomic mass is 19.1. The van der Waals surface area contributed by atoms with E-state index in [1.54, 1.807) is 18.2 Å². The lowest BCUT2D eigenvalue weighted by atomic mass is 10.0. The average molecular weight is 427 g/mol. The molecular formula is C21H19F2N5O3. The van der Waals surface area contributed by atoms with Crippen LogP contribution in [0.4, 0.5) is 19.3 Å². The van der Waals surface area contributed by atoms with Gasteiger partial charge in [-0.15, -0.1) is 0 Å². The summed E-state index contributed by atoms with van der Waals surface area (Å²) in [5.74, 6) is -1.32. The Morgan fingerprint density at radius 3 is 2.74 bits per heavy atom. The lowest BCUT2D eigenvalue weighted by molar-refractivity contribution is -0.119. The second-order valence-corrected chi connectivity index (χ2v) is 7.12. The Kier molecular flexibility index (Phi) is 5.61. The lowest BCUT2D eigenvalue weighted by Crippen LogP contribution is -2.33. The van der Waals surface area contributed by atoms with Crippen LogP contribution in [0.1, 0.15) is 12.5 Å². The molecule has 1 saturated heterocycles. The van der Waals surface area contributed by atoms with E-state index in [0.717, 1.165) is 0 Å². The molecule has 1 aliphatic heterocycles. The summed E-state index contributed by atoms with van der Waals surface area (Å²) in [5, 5.41) is 6.53. The van der Waals surface area contributed by atoms with Gasteiger partial charge in [-0.2, -0.15) is 5.10 Å². The van der Waals surface area contributed by atoms with Crippen LogP contribution in [0.3, 0.4) is 0 Å². The van der Waals surface area contributed by atoms with E-state index in [9.17, 15) is 18.4 Å². The van der Waals surface area contributed by atoms with E-state index in [2.05, 4.69) is 15.4 Å². The molecule has 2 amide bonds. The fourth-order valence-corrected chi connectivity index (χ4v) is 3.33. The quantitative estimate of drug-likeness (QED) is 0.654. The van der Waals surface area contributed by atoms with Crippen molar-refractivity contribution < 1.29 is 23.1 Å². The van der Waals surface area contributed by atoms with Gasteiger partial charge in [0.1, 0.15) is 30.4 Å². The highest BCUT2D eigenvalue weighted by molar-refractivity contribution is 5.90. The second-order valence-electron chi connectivity index (χ2n) is 7.12. The first kappa shape index (κ1) is 20.5. The molecule has 1 fully saturated rings. The van der Waals surface area contributed by atoms with Gasteiger partial charge < -0.3 is 10.1 Å². The molecule has 0 unspecified atom stereocenters. The van der Waals surface area contributed by atoms with Crippen molar-refractivity contribution in [1.29, 1.82) is 0 Å². The van der Waals surface area contributed by atoms with E-state index in [4.69, 9.17) is 4.74 Å². The normalized spacial score (nSPS) is 15.8. The number of nitrogens with one attached hydrogen (secondary N) is 1. The Bertz CT molecular complexity index is 1120. The molecule has 1 atom stereocenters. The van der Waals surface area contributed by atoms with Gasteiger partial charge in [-0.05, 0) is 29.8 Å². The third-order valence-corrected chi connectivity index (χ3v) is 4.88. The van der Waals surface area contributed by atoms with Crippen LogP contribution in [-0.2, 0) is 16.1 Å². The van der Waals surface area contributed by atoms with E-state index >= 15 is 0 Å². The molecule has 1 N–H and O–H groups in total. The summed E-state index contributed by atoms with van der Waals surface area (Å²) in [6, 6.07) is 8.73. The minimum absolute atomic E-state index is 0.179. The maximum atomic E-state index is 14.8. The highest BCUT2D eigenvalue weighted by Crippen LogP contribution is 2.30. The molecule has 8 nitrogen and oxygen atoms in total. The van der Waals surface area contributed by atoms with Crippen LogP contribution < -0.4 is 10.2 Å². The van der Waals surface area contributed by atoms with Gasteiger partial charge in [-0.1, -0.05) is 12.1 Å². The molecule has 0 radical (unpaired) electrons. The maximum Gasteiger partial charge on any atom is 0.414 e. The Balaban J connectivity index is 1.51. The van der Waals surface area contributed by atoms with E-state index in [1.165, 1.54) is 47.4 Å². The van der Waals surface area contributed by atoms with Gasteiger partial charge in [-0.25, -0.2) is 23.2 Å². The third-order valence-electron chi connectivity index (χ3n) is 4.88. The van der Waals surface area contributed by atoms with Crippen LogP contribution in [0.15, 0.2) is 49.1 Å². The minimum Gasteiger partial charge on any atom is -0.442 e. The van der Waals surface area contributed by atoms with Gasteiger partial charge in [0.05, 0.1) is 25.3 Å². The van der Waals surface area contributed by atoms with Crippen LogP contribution in [0, 0.1) is 11.6 Å². The number of carbonyl (C=O) groups excluding carboxylic acids is 2. The second kappa shape index (κ2) is 8.50. The van der Waals surface area contributed by atoms with Crippen molar-refractivity contribution in [2.45, 2.75) is 19.6 Å². The SMILES string of the molecule is CC(=O)NC[C@H]1CN(c2ccc(-c3ccc(Cn4cncn4)c(F)c3)c(F)c2)C(=O)O1. The summed E-state index contributed by atoms with van der Waals surface area (Å²) in [7, 11) is 0. The van der Waals surface area contributed by atoms with Gasteiger partial charge in [-0.3, -0.25) is 9.69 Å². The number of amides is 2. The standard InChI is InChI=1S/C21H19F2N5O3/c1-13(29)25-8-17-10-28(21(30)31-17)16-4-5-18(20(23)7-16)14-2-3-15(19(22)6-14)9-27-12-24-11-26-27/h2-7,11-12,17H,8-10H2,1H3,(H,25,29)/t17-/m0/s1. The molecule has 1 aromatic heterocycles. The topological polar surface area (TPSA) is 89.4 Å². The van der Waals surface area contributed by atoms with Crippen molar-refractivity contribution in [3.05, 3.63) is 66.3 Å². The number of halogens is 2. The number of hydrogen-bond acceptors (Lipinski definition) is 5. The number of cyclic esters (lactones) is 1. The number of aromatic nitrogens is 3. The molecular weight excluding hydrogens is 408 g/mol. The van der Waals surface area contributed by atoms with E-state index < -0.39 is 23.8 Å². The van der Waals surface area contributed by atoms with E-state index in [0.29, 0.717) is 16.8 Å². The predicted molar refractivity (Wildman–Crippen MR) is 107 cm³/mol. The summed E-state index contributed by atoms with van der Waals surface area (Å²) in [6.45, 7) is 1.94. The zero-order valence-corrected chi connectivity index (χ0v) is 16.6. The van der Waals surface area contributed by atoms with Crippen molar-refractivity contribution in [2.24, 2.45) is 0 Å². The molecule has 0 spiro atoms. The summed E-state index contributed by atoms with van der Waals surface area (Å²) in [6.07, 6.45) is 1.70. The maximum absolute atomic E-state index is 14.8. The highest BCUT2D eigenvalue weighted by Gasteiger charge is 2.32. The number of rotatable bonds is 6. The molecule has 0 aliphatic carbocycles. The average Bonchev–Trinajstić information content (AvgIpc) is 3.37. The van der Waals surface area contributed by atoms with E-state index in [1.807, 2.05) is 0 Å². The molecule has 10 heteroatoms. The van der Waals surface area contributed by atoms with Crippen molar-refractivity contribution in [3.63, 3.8) is 0 Å². The smallest absolute Gasteiger partial charge is 0.414 e. The Labute approximate surface area is 176 Å². The Morgan fingerprint density at radius 1 is 1.23 bits per heavy atom. The first-order chi connectivity index (χ1) is 14.9. The fraction of sp³-hybridized carbons (Fsp3) is 0.238. The lowest BCUT2D eigenvalue weighted by Gasteiger charge is -2.15. The van der Waals surface area contributed by atoms with Gasteiger partial charge in [0.25, 0.3) is 0 Å². The number of hydrogen-bond donors (Lipinski definition) is 1. The van der Waals surface area contributed by atoms with Crippen molar-refractivity contribution in [3.8, 4) is 11.1 Å². The molecule has 3 aromatic rings. The molecule has 2 aromatic carbocycles. The summed E-state index contributed by atoms with van der Waals surface area (Å²) < 4.78 is 36.0. The van der Waals surface area contributed by atoms with Gasteiger partial charge >= 0.3 is 6.09 Å². The zero-order valence-electron chi connectivity index (χ0n) is 16.6. The van der Waals surface area contributed by atoms with Crippen molar-refractivity contribution >= 4 is 17.7 Å². The van der Waals surface area contributed by atoms with Crippen molar-refractivity contribution in [2.75, 3.05) is 18.0 Å². The number of carbonyl (C=O) groups is 2. The molecule has 160 valence electrons. The van der Waals surface area contributed by atoms with Gasteiger partial charge in [0.15, 0.2) is 0 Å². The van der Waals surface area contributed by atoms with Crippen LogP contribution in [0.2, 0.25) is 0 Å². The molecule has 0 saturated carbocycles. The number of anilines is 1. The minimum atomic E-state index is -0.619. The van der Waals surface area contributed by atoms with Crippen molar-refractivity contribution in [1.82, 2.24) is 20.1 Å². The number of ether oxygens (including phenoxy) is 1. The Morgan fingerprint density at radius 2 is 2.06 bits per heavy atom. The number of nitrogens with zero attached hydrogens (tertiary/aromatic N) is 4. The zero-order chi connectivity index (χ0) is 22.0. The molecule has 1 aliphatic rings. The first-order valence-corrected chi connectivity index (χ1v) is 9.54. The third kappa shape index (κ3) is 4.52. The predicted octanol–water partition coefficient (Wildman–Crippen LogP) is 2.73. The molecule has 4 rings (SSSR count). The van der Waals surface area contributed by atoms with Crippen LogP contribution in [0.5, 0.6) is 0 Å². The van der Waals surface area contributed by atoms with Gasteiger partial charge in [0.2, 0.25) is 5.91 Å². The summed E-state index contributed by atoms with van der Waals surface area (Å²) in [5.41, 5.74) is 1.30. The molecule has 2 heterocycles. The first-order valence-electron chi connectivity index (χ1n) is 9.54. The Hall–Kier alpha value is -3.82. The van der Waals surface area contributed by atoms with Crippen LogP contribution in [-0.4, -0.2) is 46.0 Å².